The molecule has 0 saturated carbocycles. The van der Waals surface area contributed by atoms with Gasteiger partial charge in [-0.3, -0.25) is 10.1 Å². The zero-order chi connectivity index (χ0) is 24.7. The highest BCUT2D eigenvalue weighted by atomic mass is 32.1. The van der Waals surface area contributed by atoms with Crippen LogP contribution >= 0.6 is 12.2 Å². The van der Waals surface area contributed by atoms with Crippen molar-refractivity contribution < 1.29 is 9.53 Å². The lowest BCUT2D eigenvalue weighted by molar-refractivity contribution is 0.0976. The molecule has 0 fully saturated rings. The molecule has 0 aliphatic carbocycles. The van der Waals surface area contributed by atoms with Gasteiger partial charge in [0.05, 0.1) is 6.61 Å². The Balaban J connectivity index is 1.97. The number of thiocarbonyl (C=S) groups is 1. The van der Waals surface area contributed by atoms with Gasteiger partial charge in [0.2, 0.25) is 0 Å². The van der Waals surface area contributed by atoms with E-state index in [0.29, 0.717) is 17.3 Å². The Labute approximate surface area is 215 Å². The number of benzene rings is 1. The van der Waals surface area contributed by atoms with Gasteiger partial charge >= 0.3 is 0 Å². The van der Waals surface area contributed by atoms with Crippen molar-refractivity contribution in [2.75, 3.05) is 13.2 Å². The summed E-state index contributed by atoms with van der Waals surface area (Å²) in [5.74, 6) is 0.613. The Bertz CT molecular complexity index is 634. The number of rotatable bonds is 21. The Kier molecular flexibility index (Phi) is 19.6. The van der Waals surface area contributed by atoms with Gasteiger partial charge < -0.3 is 10.1 Å². The van der Waals surface area contributed by atoms with E-state index in [-0.39, 0.29) is 5.91 Å². The fraction of sp³-hybridized carbons (Fsp3) is 0.724. The number of carbonyl (C=O) groups is 1. The molecule has 2 N–H and O–H groups in total. The molecule has 0 bridgehead atoms. The summed E-state index contributed by atoms with van der Waals surface area (Å²) in [6, 6.07) is 7.24. The average Bonchev–Trinajstić information content (AvgIpc) is 2.84. The van der Waals surface area contributed by atoms with Crippen LogP contribution in [0.3, 0.4) is 0 Å². The topological polar surface area (TPSA) is 50.4 Å². The first-order valence-electron chi connectivity index (χ1n) is 14.0. The minimum absolute atomic E-state index is 0.184. The zero-order valence-electron chi connectivity index (χ0n) is 22.0. The van der Waals surface area contributed by atoms with Crippen LogP contribution in [0.1, 0.15) is 133 Å². The van der Waals surface area contributed by atoms with Crippen molar-refractivity contribution in [2.24, 2.45) is 0 Å². The summed E-state index contributed by atoms with van der Waals surface area (Å²) in [4.78, 5) is 12.3. The summed E-state index contributed by atoms with van der Waals surface area (Å²) in [7, 11) is 0. The molecule has 0 aliphatic heterocycles. The van der Waals surface area contributed by atoms with Crippen LogP contribution in [0, 0.1) is 0 Å². The fourth-order valence-electron chi connectivity index (χ4n) is 3.99. The summed E-state index contributed by atoms with van der Waals surface area (Å²) in [5.41, 5.74) is 0.585. The van der Waals surface area contributed by atoms with Gasteiger partial charge in [0.25, 0.3) is 5.91 Å². The van der Waals surface area contributed by atoms with Gasteiger partial charge in [-0.05, 0) is 49.3 Å². The standard InChI is InChI=1S/C29H50N2O2S/c1-3-5-7-8-9-10-11-12-13-14-15-16-17-18-24-30-29(34)31-28(32)26-20-22-27(23-21-26)33-25-19-6-4-2/h20-23H,3-19,24-25H2,1-2H3,(H2,30,31,32,34). The summed E-state index contributed by atoms with van der Waals surface area (Å²) >= 11 is 5.27. The van der Waals surface area contributed by atoms with Crippen molar-refractivity contribution in [3.63, 3.8) is 0 Å². The maximum Gasteiger partial charge on any atom is 0.257 e. The van der Waals surface area contributed by atoms with E-state index in [9.17, 15) is 4.79 Å². The molecule has 1 amide bonds. The molecular weight excluding hydrogens is 440 g/mol. The molecule has 0 heterocycles. The summed E-state index contributed by atoms with van der Waals surface area (Å²) in [6.07, 6.45) is 22.3. The Morgan fingerprint density at radius 2 is 1.18 bits per heavy atom. The largest absolute Gasteiger partial charge is 0.494 e. The maximum atomic E-state index is 12.3. The van der Waals surface area contributed by atoms with Gasteiger partial charge in [0.15, 0.2) is 5.11 Å². The highest BCUT2D eigenvalue weighted by Crippen LogP contribution is 2.14. The van der Waals surface area contributed by atoms with Crippen LogP contribution in [0.15, 0.2) is 24.3 Å². The number of amides is 1. The first-order chi connectivity index (χ1) is 16.7. The normalized spacial score (nSPS) is 10.8. The number of nitrogens with one attached hydrogen (secondary N) is 2. The third-order valence-electron chi connectivity index (χ3n) is 6.18. The predicted molar refractivity (Wildman–Crippen MR) is 150 cm³/mol. The van der Waals surface area contributed by atoms with Gasteiger partial charge in [-0.25, -0.2) is 0 Å². The molecule has 0 saturated heterocycles. The van der Waals surface area contributed by atoms with E-state index in [2.05, 4.69) is 24.5 Å². The van der Waals surface area contributed by atoms with Gasteiger partial charge in [0.1, 0.15) is 5.75 Å². The summed E-state index contributed by atoms with van der Waals surface area (Å²) in [6.45, 7) is 5.97. The number of ether oxygens (including phenoxy) is 1. The molecule has 1 aromatic carbocycles. The molecule has 5 heteroatoms. The molecule has 4 nitrogen and oxygen atoms in total. The quantitative estimate of drug-likeness (QED) is 0.134. The average molecular weight is 491 g/mol. The third-order valence-corrected chi connectivity index (χ3v) is 6.42. The number of carbonyl (C=O) groups excluding carboxylic acids is 1. The first kappa shape index (κ1) is 30.4. The molecule has 0 spiro atoms. The molecule has 0 atom stereocenters. The smallest absolute Gasteiger partial charge is 0.257 e. The second-order valence-corrected chi connectivity index (χ2v) is 9.79. The van der Waals surface area contributed by atoms with Crippen LogP contribution < -0.4 is 15.4 Å². The van der Waals surface area contributed by atoms with Crippen molar-refractivity contribution in [3.05, 3.63) is 29.8 Å². The summed E-state index contributed by atoms with van der Waals surface area (Å²) < 4.78 is 5.69. The second-order valence-electron chi connectivity index (χ2n) is 9.39. The monoisotopic (exact) mass is 490 g/mol. The van der Waals surface area contributed by atoms with Crippen molar-refractivity contribution in [1.29, 1.82) is 0 Å². The molecule has 0 aromatic heterocycles. The lowest BCUT2D eigenvalue weighted by Gasteiger charge is -2.10. The zero-order valence-corrected chi connectivity index (χ0v) is 22.8. The van der Waals surface area contributed by atoms with Gasteiger partial charge in [0, 0.05) is 12.1 Å². The second kappa shape index (κ2) is 21.9. The van der Waals surface area contributed by atoms with E-state index in [0.717, 1.165) is 25.1 Å². The predicted octanol–water partition coefficient (Wildman–Crippen LogP) is 8.34. The van der Waals surface area contributed by atoms with Gasteiger partial charge in [-0.1, -0.05) is 110 Å². The maximum absolute atomic E-state index is 12.3. The molecule has 1 rings (SSSR count). The molecule has 0 aliphatic rings. The molecular formula is C29H50N2O2S. The van der Waals surface area contributed by atoms with Crippen molar-refractivity contribution in [3.8, 4) is 5.75 Å². The molecule has 194 valence electrons. The van der Waals surface area contributed by atoms with Crippen LogP contribution in [0.25, 0.3) is 0 Å². The van der Waals surface area contributed by atoms with Crippen LogP contribution in [0.2, 0.25) is 0 Å². The highest BCUT2D eigenvalue weighted by Gasteiger charge is 2.07. The Morgan fingerprint density at radius 1 is 0.706 bits per heavy atom. The van der Waals surface area contributed by atoms with Crippen LogP contribution in [0.4, 0.5) is 0 Å². The van der Waals surface area contributed by atoms with E-state index in [1.165, 1.54) is 96.3 Å². The van der Waals surface area contributed by atoms with Crippen molar-refractivity contribution >= 4 is 23.2 Å². The van der Waals surface area contributed by atoms with Crippen LogP contribution in [-0.4, -0.2) is 24.2 Å². The minimum Gasteiger partial charge on any atom is -0.494 e. The lowest BCUT2D eigenvalue weighted by atomic mass is 10.0. The van der Waals surface area contributed by atoms with E-state index < -0.39 is 0 Å². The number of hydrogen-bond acceptors (Lipinski definition) is 3. The molecule has 1 aromatic rings. The van der Waals surface area contributed by atoms with E-state index in [1.807, 2.05) is 12.1 Å². The first-order valence-corrected chi connectivity index (χ1v) is 14.4. The van der Waals surface area contributed by atoms with Gasteiger partial charge in [-0.15, -0.1) is 0 Å². The Hall–Kier alpha value is -1.62. The SMILES string of the molecule is CCCCCCCCCCCCCCCCNC(=S)NC(=O)c1ccc(OCCCCC)cc1. The van der Waals surface area contributed by atoms with Gasteiger partial charge in [-0.2, -0.15) is 0 Å². The third kappa shape index (κ3) is 16.9. The minimum atomic E-state index is -0.184. The Morgan fingerprint density at radius 3 is 1.71 bits per heavy atom. The van der Waals surface area contributed by atoms with E-state index >= 15 is 0 Å². The van der Waals surface area contributed by atoms with Crippen molar-refractivity contribution in [1.82, 2.24) is 10.6 Å². The van der Waals surface area contributed by atoms with E-state index in [1.54, 1.807) is 12.1 Å². The molecule has 34 heavy (non-hydrogen) atoms. The summed E-state index contributed by atoms with van der Waals surface area (Å²) in [5, 5.41) is 6.32. The van der Waals surface area contributed by atoms with Crippen LogP contribution in [-0.2, 0) is 0 Å². The van der Waals surface area contributed by atoms with Crippen molar-refractivity contribution in [2.45, 2.75) is 123 Å². The molecule has 0 radical (unpaired) electrons. The number of hydrogen-bond donors (Lipinski definition) is 2. The molecule has 0 unspecified atom stereocenters. The van der Waals surface area contributed by atoms with E-state index in [4.69, 9.17) is 17.0 Å². The number of unbranched alkanes of at least 4 members (excludes halogenated alkanes) is 15. The lowest BCUT2D eigenvalue weighted by Crippen LogP contribution is -2.39. The van der Waals surface area contributed by atoms with Crippen LogP contribution in [0.5, 0.6) is 5.75 Å². The fourth-order valence-corrected chi connectivity index (χ4v) is 4.18. The highest BCUT2D eigenvalue weighted by molar-refractivity contribution is 7.80.